The molecule has 0 aromatic heterocycles. The molecule has 0 amide bonds. The van der Waals surface area contributed by atoms with E-state index >= 15 is 0 Å². The highest BCUT2D eigenvalue weighted by molar-refractivity contribution is 8.14. The van der Waals surface area contributed by atoms with Gasteiger partial charge in [-0.25, -0.2) is 0 Å². The van der Waals surface area contributed by atoms with Crippen molar-refractivity contribution in [2.75, 3.05) is 17.0 Å². The van der Waals surface area contributed by atoms with Crippen LogP contribution in [0.2, 0.25) is 0 Å². The van der Waals surface area contributed by atoms with E-state index < -0.39 is 11.9 Å². The van der Waals surface area contributed by atoms with Crippen molar-refractivity contribution in [3.8, 4) is 0 Å². The lowest BCUT2D eigenvalue weighted by Crippen LogP contribution is -2.36. The first kappa shape index (κ1) is 23.8. The lowest BCUT2D eigenvalue weighted by atomic mass is 9.99. The fraction of sp³-hybridized carbons (Fsp3) is 0.333. The number of nitrogens with zero attached hydrogens (tertiary/aromatic N) is 1. The number of hydrogen-bond acceptors (Lipinski definition) is 6. The predicted octanol–water partition coefficient (Wildman–Crippen LogP) is 6.24. The maximum atomic E-state index is 13.6. The van der Waals surface area contributed by atoms with Crippen LogP contribution in [0, 0.1) is 0 Å². The summed E-state index contributed by atoms with van der Waals surface area (Å²) in [6.07, 6.45) is -2.64. The molecule has 1 aliphatic carbocycles. The third-order valence-corrected chi connectivity index (χ3v) is 7.15. The van der Waals surface area contributed by atoms with E-state index in [2.05, 4.69) is 4.72 Å². The van der Waals surface area contributed by atoms with Crippen molar-refractivity contribution in [2.45, 2.75) is 43.8 Å². The molecule has 4 nitrogen and oxygen atoms in total. The van der Waals surface area contributed by atoms with E-state index in [1.54, 1.807) is 24.3 Å². The van der Waals surface area contributed by atoms with Crippen LogP contribution in [-0.4, -0.2) is 34.3 Å². The maximum Gasteiger partial charge on any atom is 0.431 e. The minimum absolute atomic E-state index is 0.0926. The first-order chi connectivity index (χ1) is 15.7. The van der Waals surface area contributed by atoms with Gasteiger partial charge in [0.25, 0.3) is 0 Å². The number of benzene rings is 2. The van der Waals surface area contributed by atoms with Crippen molar-refractivity contribution in [3.63, 3.8) is 0 Å². The fourth-order valence-corrected chi connectivity index (χ4v) is 4.99. The Kier molecular flexibility index (Phi) is 7.09. The molecule has 1 heterocycles. The van der Waals surface area contributed by atoms with E-state index in [1.165, 1.54) is 23.8 Å². The average molecular weight is 493 g/mol. The van der Waals surface area contributed by atoms with Crippen molar-refractivity contribution in [3.05, 3.63) is 70.4 Å². The monoisotopic (exact) mass is 492 g/mol. The molecule has 0 radical (unpaired) electrons. The third-order valence-electron chi connectivity index (χ3n) is 5.51. The molecule has 1 saturated carbocycles. The molecule has 9 heteroatoms. The Morgan fingerprint density at radius 3 is 2.39 bits per heavy atom. The summed E-state index contributed by atoms with van der Waals surface area (Å²) < 4.78 is 43.9. The molecule has 0 atom stereocenters. The van der Waals surface area contributed by atoms with E-state index in [4.69, 9.17) is 0 Å². The number of alkyl halides is 3. The van der Waals surface area contributed by atoms with Gasteiger partial charge in [-0.05, 0) is 84.3 Å². The summed E-state index contributed by atoms with van der Waals surface area (Å²) in [4.78, 5) is 25.5. The summed E-state index contributed by atoms with van der Waals surface area (Å²) in [5.41, 5.74) is 3.41. The van der Waals surface area contributed by atoms with E-state index in [9.17, 15) is 22.8 Å². The standard InChI is InChI=1S/C24H23F3N2O2S2/c1-15(30)32-14-22(31)17-4-7-20(8-5-17)28-33-21-9-6-16-10-11-29(13-19(16)12-21)23(18-2-3-18)24(25,26)27/h4-9,12,28H,2-3,10-11,13-14H2,1H3. The van der Waals surface area contributed by atoms with Crippen molar-refractivity contribution in [1.82, 2.24) is 4.90 Å². The first-order valence-electron chi connectivity index (χ1n) is 10.6. The van der Waals surface area contributed by atoms with Gasteiger partial charge in [0, 0.05) is 36.2 Å². The lowest BCUT2D eigenvalue weighted by Gasteiger charge is -2.33. The molecule has 1 aliphatic heterocycles. The number of halogens is 3. The predicted molar refractivity (Wildman–Crippen MR) is 126 cm³/mol. The number of carbonyl (C=O) groups is 2. The van der Waals surface area contributed by atoms with Gasteiger partial charge in [-0.2, -0.15) is 13.2 Å². The van der Waals surface area contributed by atoms with Crippen LogP contribution in [-0.2, 0) is 17.8 Å². The Bertz CT molecular complexity index is 1090. The molecule has 0 saturated heterocycles. The second-order valence-electron chi connectivity index (χ2n) is 8.04. The van der Waals surface area contributed by atoms with Crippen molar-refractivity contribution in [2.24, 2.45) is 0 Å². The molecule has 0 bridgehead atoms. The molecule has 0 spiro atoms. The first-order valence-corrected chi connectivity index (χ1v) is 12.4. The SMILES string of the molecule is CC(=O)SCC(=O)c1ccc(NSc2ccc3c(c2)CN(C(=C2CC2)C(F)(F)F)CC3)cc1. The lowest BCUT2D eigenvalue weighted by molar-refractivity contribution is -0.113. The Balaban J connectivity index is 1.39. The van der Waals surface area contributed by atoms with E-state index in [-0.39, 0.29) is 23.2 Å². The number of nitrogens with one attached hydrogen (secondary N) is 1. The zero-order chi connectivity index (χ0) is 23.6. The number of ketones is 1. The average Bonchev–Trinajstić information content (AvgIpc) is 3.60. The van der Waals surface area contributed by atoms with Crippen molar-refractivity contribution in [1.29, 1.82) is 0 Å². The second kappa shape index (κ2) is 9.85. The number of thioether (sulfide) groups is 1. The summed E-state index contributed by atoms with van der Waals surface area (Å²) in [6, 6.07) is 12.9. The van der Waals surface area contributed by atoms with Crippen LogP contribution in [0.5, 0.6) is 0 Å². The Labute approximate surface area is 199 Å². The Morgan fingerprint density at radius 1 is 1.03 bits per heavy atom. The van der Waals surface area contributed by atoms with Crippen LogP contribution < -0.4 is 4.72 Å². The minimum Gasteiger partial charge on any atom is -0.363 e. The quantitative estimate of drug-likeness (QED) is 0.365. The normalized spacial score (nSPS) is 15.2. The minimum atomic E-state index is -4.31. The molecular weight excluding hydrogens is 469 g/mol. The summed E-state index contributed by atoms with van der Waals surface area (Å²) in [7, 11) is 0. The Hall–Kier alpha value is -2.39. The zero-order valence-electron chi connectivity index (χ0n) is 18.0. The van der Waals surface area contributed by atoms with Crippen LogP contribution in [0.4, 0.5) is 18.9 Å². The van der Waals surface area contributed by atoms with Crippen LogP contribution in [0.3, 0.4) is 0 Å². The van der Waals surface area contributed by atoms with Crippen LogP contribution in [0.1, 0.15) is 41.3 Å². The molecule has 2 aromatic rings. The van der Waals surface area contributed by atoms with Gasteiger partial charge < -0.3 is 9.62 Å². The molecule has 1 fully saturated rings. The van der Waals surface area contributed by atoms with Gasteiger partial charge >= 0.3 is 6.18 Å². The van der Waals surface area contributed by atoms with Crippen molar-refractivity contribution >= 4 is 40.3 Å². The van der Waals surface area contributed by atoms with Gasteiger partial charge in [-0.1, -0.05) is 17.8 Å². The van der Waals surface area contributed by atoms with Crippen molar-refractivity contribution < 1.29 is 22.8 Å². The molecular formula is C24H23F3N2O2S2. The fourth-order valence-electron chi connectivity index (χ4n) is 3.78. The summed E-state index contributed by atoms with van der Waals surface area (Å²) in [6.45, 7) is 2.07. The Morgan fingerprint density at radius 2 is 1.76 bits per heavy atom. The molecule has 33 heavy (non-hydrogen) atoms. The number of carbonyl (C=O) groups excluding carboxylic acids is 2. The highest BCUT2D eigenvalue weighted by Crippen LogP contribution is 2.43. The molecule has 174 valence electrons. The van der Waals surface area contributed by atoms with Gasteiger partial charge in [0.1, 0.15) is 5.70 Å². The van der Waals surface area contributed by atoms with Crippen LogP contribution >= 0.6 is 23.7 Å². The van der Waals surface area contributed by atoms with Crippen LogP contribution in [0.25, 0.3) is 0 Å². The van der Waals surface area contributed by atoms with Gasteiger partial charge in [0.2, 0.25) is 0 Å². The largest absolute Gasteiger partial charge is 0.431 e. The smallest absolute Gasteiger partial charge is 0.363 e. The molecule has 4 rings (SSSR count). The third kappa shape index (κ3) is 6.14. The van der Waals surface area contributed by atoms with Gasteiger partial charge in [0.05, 0.1) is 5.75 Å². The molecule has 0 unspecified atom stereocenters. The summed E-state index contributed by atoms with van der Waals surface area (Å²) >= 11 is 2.36. The maximum absolute atomic E-state index is 13.6. The van der Waals surface area contributed by atoms with Crippen LogP contribution in [0.15, 0.2) is 58.6 Å². The van der Waals surface area contributed by atoms with Gasteiger partial charge in [-0.15, -0.1) is 0 Å². The number of allylic oxidation sites excluding steroid dienone is 2. The number of hydrogen-bond donors (Lipinski definition) is 1. The molecule has 1 N–H and O–H groups in total. The summed E-state index contributed by atoms with van der Waals surface area (Å²) in [5, 5.41) is -0.0926. The molecule has 2 aliphatic rings. The number of rotatable bonds is 7. The molecule has 2 aromatic carbocycles. The topological polar surface area (TPSA) is 49.4 Å². The van der Waals surface area contributed by atoms with E-state index in [0.29, 0.717) is 36.9 Å². The number of fused-ring (bicyclic) bond motifs is 1. The number of Topliss-reactive ketones (excluding diaryl/α,β-unsaturated/α-hetero) is 1. The van der Waals surface area contributed by atoms with E-state index in [0.717, 1.165) is 33.5 Å². The highest BCUT2D eigenvalue weighted by Gasteiger charge is 2.43. The van der Waals surface area contributed by atoms with Gasteiger partial charge in [0.15, 0.2) is 10.9 Å². The van der Waals surface area contributed by atoms with Gasteiger partial charge in [-0.3, -0.25) is 9.59 Å². The zero-order valence-corrected chi connectivity index (χ0v) is 19.6. The highest BCUT2D eigenvalue weighted by atomic mass is 32.2. The van der Waals surface area contributed by atoms with E-state index in [1.807, 2.05) is 18.2 Å². The number of anilines is 1. The summed E-state index contributed by atoms with van der Waals surface area (Å²) in [5.74, 6) is 0.0171. The second-order valence-corrected chi connectivity index (χ2v) is 10.1.